The molecule has 0 saturated heterocycles. The second-order valence-corrected chi connectivity index (χ2v) is 3.38. The minimum atomic E-state index is 0.0826. The van der Waals surface area contributed by atoms with Crippen molar-refractivity contribution < 1.29 is 9.47 Å². The van der Waals surface area contributed by atoms with Crippen LogP contribution in [0.4, 0.5) is 0 Å². The largest absolute Gasteiger partial charge is 0.494 e. The summed E-state index contributed by atoms with van der Waals surface area (Å²) in [5.41, 5.74) is 7.03. The molecule has 0 radical (unpaired) electrons. The van der Waals surface area contributed by atoms with E-state index in [9.17, 15) is 0 Å². The first-order valence-electron chi connectivity index (χ1n) is 4.96. The maximum absolute atomic E-state index is 5.98. The average molecular weight is 193 g/mol. The van der Waals surface area contributed by atoms with E-state index in [1.165, 1.54) is 0 Å². The van der Waals surface area contributed by atoms with E-state index < -0.39 is 0 Å². The molecule has 2 rings (SSSR count). The van der Waals surface area contributed by atoms with Gasteiger partial charge in [0.25, 0.3) is 0 Å². The van der Waals surface area contributed by atoms with Gasteiger partial charge in [0.05, 0.1) is 13.2 Å². The number of rotatable bonds is 2. The lowest BCUT2D eigenvalue weighted by molar-refractivity contribution is 0.267. The maximum Gasteiger partial charge on any atom is 0.124 e. The molecule has 3 nitrogen and oxygen atoms in total. The van der Waals surface area contributed by atoms with Crippen LogP contribution in [0.1, 0.15) is 24.9 Å². The second-order valence-electron chi connectivity index (χ2n) is 3.38. The van der Waals surface area contributed by atoms with E-state index in [4.69, 9.17) is 15.2 Å². The van der Waals surface area contributed by atoms with Crippen LogP contribution >= 0.6 is 0 Å². The molecule has 1 aliphatic heterocycles. The zero-order valence-electron chi connectivity index (χ0n) is 8.32. The van der Waals surface area contributed by atoms with Crippen LogP contribution in [0.3, 0.4) is 0 Å². The Bertz CT molecular complexity index is 325. The third kappa shape index (κ3) is 1.68. The van der Waals surface area contributed by atoms with E-state index >= 15 is 0 Å². The molecule has 1 unspecified atom stereocenters. The van der Waals surface area contributed by atoms with Gasteiger partial charge in [-0.1, -0.05) is 0 Å². The molecule has 0 aromatic heterocycles. The van der Waals surface area contributed by atoms with Gasteiger partial charge < -0.3 is 15.2 Å². The quantitative estimate of drug-likeness (QED) is 0.779. The Morgan fingerprint density at radius 2 is 2.43 bits per heavy atom. The van der Waals surface area contributed by atoms with Crippen molar-refractivity contribution in [3.63, 3.8) is 0 Å². The second kappa shape index (κ2) is 3.88. The summed E-state index contributed by atoms with van der Waals surface area (Å²) in [4.78, 5) is 0. The van der Waals surface area contributed by atoms with Gasteiger partial charge in [-0.2, -0.15) is 0 Å². The van der Waals surface area contributed by atoms with Crippen LogP contribution in [0.25, 0.3) is 0 Å². The summed E-state index contributed by atoms with van der Waals surface area (Å²) >= 11 is 0. The first-order valence-corrected chi connectivity index (χ1v) is 4.96. The topological polar surface area (TPSA) is 44.5 Å². The van der Waals surface area contributed by atoms with Crippen LogP contribution in [0, 0.1) is 0 Å². The van der Waals surface area contributed by atoms with Gasteiger partial charge in [0.15, 0.2) is 0 Å². The minimum absolute atomic E-state index is 0.0826. The van der Waals surface area contributed by atoms with E-state index in [-0.39, 0.29) is 6.04 Å². The highest BCUT2D eigenvalue weighted by atomic mass is 16.5. The van der Waals surface area contributed by atoms with Crippen LogP contribution in [0.5, 0.6) is 11.5 Å². The Labute approximate surface area is 83.8 Å². The van der Waals surface area contributed by atoms with Crippen LogP contribution in [0.2, 0.25) is 0 Å². The Morgan fingerprint density at radius 1 is 1.57 bits per heavy atom. The summed E-state index contributed by atoms with van der Waals surface area (Å²) in [5.74, 6) is 1.76. The minimum Gasteiger partial charge on any atom is -0.494 e. The Hall–Kier alpha value is -1.22. The lowest BCUT2D eigenvalue weighted by Gasteiger charge is -2.23. The Morgan fingerprint density at radius 3 is 3.21 bits per heavy atom. The van der Waals surface area contributed by atoms with Gasteiger partial charge in [-0.15, -0.1) is 0 Å². The van der Waals surface area contributed by atoms with Gasteiger partial charge in [-0.25, -0.2) is 0 Å². The molecule has 0 aliphatic carbocycles. The highest BCUT2D eigenvalue weighted by Crippen LogP contribution is 2.33. The normalized spacial score (nSPS) is 19.7. The van der Waals surface area contributed by atoms with Crippen molar-refractivity contribution in [2.45, 2.75) is 19.4 Å². The summed E-state index contributed by atoms with van der Waals surface area (Å²) in [6.07, 6.45) is 0.878. The van der Waals surface area contributed by atoms with Crippen molar-refractivity contribution in [3.8, 4) is 11.5 Å². The third-order valence-corrected chi connectivity index (χ3v) is 2.38. The highest BCUT2D eigenvalue weighted by molar-refractivity contribution is 5.43. The molecule has 0 spiro atoms. The monoisotopic (exact) mass is 193 g/mol. The van der Waals surface area contributed by atoms with Gasteiger partial charge in [0.1, 0.15) is 11.5 Å². The Kier molecular flexibility index (Phi) is 2.59. The molecule has 0 saturated carbocycles. The van der Waals surface area contributed by atoms with E-state index in [2.05, 4.69) is 0 Å². The summed E-state index contributed by atoms with van der Waals surface area (Å²) in [6, 6.07) is 5.90. The molecular formula is C11H15NO2. The zero-order chi connectivity index (χ0) is 9.97. The molecule has 1 aromatic rings. The van der Waals surface area contributed by atoms with Crippen molar-refractivity contribution in [2.75, 3.05) is 13.2 Å². The lowest BCUT2D eigenvalue weighted by Crippen LogP contribution is -2.20. The molecule has 2 N–H and O–H groups in total. The third-order valence-electron chi connectivity index (χ3n) is 2.38. The Balaban J connectivity index is 2.31. The molecule has 76 valence electrons. The number of nitrogens with two attached hydrogens (primary N) is 1. The van der Waals surface area contributed by atoms with E-state index in [0.717, 1.165) is 23.5 Å². The molecule has 0 bridgehead atoms. The van der Waals surface area contributed by atoms with Gasteiger partial charge in [0.2, 0.25) is 0 Å². The number of hydrogen-bond donors (Lipinski definition) is 1. The average Bonchev–Trinajstić information content (AvgIpc) is 2.20. The fourth-order valence-corrected chi connectivity index (χ4v) is 1.66. The summed E-state index contributed by atoms with van der Waals surface area (Å²) in [7, 11) is 0. The maximum atomic E-state index is 5.98. The fourth-order valence-electron chi connectivity index (χ4n) is 1.66. The van der Waals surface area contributed by atoms with Crippen LogP contribution in [-0.2, 0) is 0 Å². The van der Waals surface area contributed by atoms with Crippen molar-refractivity contribution in [1.29, 1.82) is 0 Å². The van der Waals surface area contributed by atoms with E-state index in [0.29, 0.717) is 13.2 Å². The predicted molar refractivity (Wildman–Crippen MR) is 54.7 cm³/mol. The smallest absolute Gasteiger partial charge is 0.124 e. The van der Waals surface area contributed by atoms with Crippen LogP contribution in [-0.4, -0.2) is 13.2 Å². The van der Waals surface area contributed by atoms with Crippen LogP contribution in [0.15, 0.2) is 18.2 Å². The van der Waals surface area contributed by atoms with Crippen molar-refractivity contribution in [2.24, 2.45) is 5.73 Å². The molecular weight excluding hydrogens is 178 g/mol. The van der Waals surface area contributed by atoms with Gasteiger partial charge in [-0.3, -0.25) is 0 Å². The fraction of sp³-hybridized carbons (Fsp3) is 0.455. The van der Waals surface area contributed by atoms with Gasteiger partial charge in [0, 0.05) is 18.0 Å². The molecule has 1 aliphatic rings. The molecule has 0 fully saturated rings. The van der Waals surface area contributed by atoms with Gasteiger partial charge in [-0.05, 0) is 25.1 Å². The number of ether oxygens (including phenoxy) is 2. The van der Waals surface area contributed by atoms with Crippen molar-refractivity contribution >= 4 is 0 Å². The van der Waals surface area contributed by atoms with Crippen LogP contribution < -0.4 is 15.2 Å². The SMILES string of the molecule is CCOc1ccc2c(c1)C(N)CCO2. The summed E-state index contributed by atoms with van der Waals surface area (Å²) in [5, 5.41) is 0. The summed E-state index contributed by atoms with van der Waals surface area (Å²) in [6.45, 7) is 3.35. The van der Waals surface area contributed by atoms with Crippen molar-refractivity contribution in [3.05, 3.63) is 23.8 Å². The molecule has 1 aromatic carbocycles. The molecule has 1 heterocycles. The molecule has 1 atom stereocenters. The zero-order valence-corrected chi connectivity index (χ0v) is 8.32. The first kappa shape index (κ1) is 9.34. The number of benzene rings is 1. The predicted octanol–water partition coefficient (Wildman–Crippen LogP) is 1.87. The molecule has 3 heteroatoms. The van der Waals surface area contributed by atoms with Gasteiger partial charge >= 0.3 is 0 Å². The molecule has 0 amide bonds. The standard InChI is InChI=1S/C11H15NO2/c1-2-13-8-3-4-11-9(7-8)10(12)5-6-14-11/h3-4,7,10H,2,5-6,12H2,1H3. The van der Waals surface area contributed by atoms with E-state index in [1.807, 2.05) is 25.1 Å². The summed E-state index contributed by atoms with van der Waals surface area (Å²) < 4.78 is 10.9. The molecule has 14 heavy (non-hydrogen) atoms. The van der Waals surface area contributed by atoms with E-state index in [1.54, 1.807) is 0 Å². The first-order chi connectivity index (χ1) is 6.81. The highest BCUT2D eigenvalue weighted by Gasteiger charge is 2.18. The number of fused-ring (bicyclic) bond motifs is 1. The lowest BCUT2D eigenvalue weighted by atomic mass is 10.0. The number of hydrogen-bond acceptors (Lipinski definition) is 3. The van der Waals surface area contributed by atoms with Crippen molar-refractivity contribution in [1.82, 2.24) is 0 Å².